The number of rotatable bonds is 3. The summed E-state index contributed by atoms with van der Waals surface area (Å²) in [5.74, 6) is 1.02. The van der Waals surface area contributed by atoms with Crippen LogP contribution < -0.4 is 0 Å². The molecule has 0 N–H and O–H groups in total. The van der Waals surface area contributed by atoms with Gasteiger partial charge >= 0.3 is 0 Å². The summed E-state index contributed by atoms with van der Waals surface area (Å²) in [5.41, 5.74) is 2.01. The smallest absolute Gasteiger partial charge is 0.0317 e. The number of likely N-dealkylation sites (tertiary alicyclic amines) is 2. The van der Waals surface area contributed by atoms with Crippen molar-refractivity contribution in [2.75, 3.05) is 33.2 Å². The van der Waals surface area contributed by atoms with E-state index in [1.807, 2.05) is 0 Å². The van der Waals surface area contributed by atoms with Gasteiger partial charge in [0.05, 0.1) is 0 Å². The lowest BCUT2D eigenvalue weighted by molar-refractivity contribution is 0.0933. The van der Waals surface area contributed by atoms with E-state index in [9.17, 15) is 0 Å². The molecule has 0 radical (unpaired) electrons. The topological polar surface area (TPSA) is 6.48 Å². The largest absolute Gasteiger partial charge is 0.301 e. The zero-order valence-electron chi connectivity index (χ0n) is 12.6. The molecule has 3 fully saturated rings. The van der Waals surface area contributed by atoms with Crippen LogP contribution in [0.25, 0.3) is 0 Å². The summed E-state index contributed by atoms with van der Waals surface area (Å²) in [5, 5.41) is 0. The molecule has 0 unspecified atom stereocenters. The van der Waals surface area contributed by atoms with Gasteiger partial charge in [0.2, 0.25) is 0 Å². The van der Waals surface area contributed by atoms with Crippen molar-refractivity contribution in [3.63, 3.8) is 0 Å². The number of piperidine rings is 1. The Labute approximate surface area is 122 Å². The van der Waals surface area contributed by atoms with E-state index in [1.165, 1.54) is 51.9 Å². The van der Waals surface area contributed by atoms with Gasteiger partial charge in [-0.25, -0.2) is 0 Å². The van der Waals surface area contributed by atoms with Gasteiger partial charge in [0, 0.05) is 24.5 Å². The van der Waals surface area contributed by atoms with Gasteiger partial charge in [-0.15, -0.1) is 0 Å². The van der Waals surface area contributed by atoms with Gasteiger partial charge in [0.15, 0.2) is 0 Å². The minimum absolute atomic E-state index is 0.427. The number of likely N-dealkylation sites (N-methyl/N-ethyl adjacent to an activating group) is 1. The monoisotopic (exact) mass is 270 g/mol. The summed E-state index contributed by atoms with van der Waals surface area (Å²) in [4.78, 5) is 5.36. The standard InChI is InChI=1S/C18H26N2/c1-19-11-9-18(16-5-3-2-4-6-16)10-12-20(14-17(18)19)13-15-7-8-15/h2-6,15,17H,7-14H2,1H3/t17-,18+/m0/s1. The fourth-order valence-electron chi connectivity index (χ4n) is 4.50. The summed E-state index contributed by atoms with van der Waals surface area (Å²) >= 11 is 0. The zero-order valence-corrected chi connectivity index (χ0v) is 12.6. The normalized spacial score (nSPS) is 35.1. The molecule has 1 aromatic rings. The predicted octanol–water partition coefficient (Wildman–Crippen LogP) is 2.74. The van der Waals surface area contributed by atoms with E-state index in [2.05, 4.69) is 47.2 Å². The third kappa shape index (κ3) is 2.10. The molecular formula is C18H26N2. The first kappa shape index (κ1) is 12.8. The molecular weight excluding hydrogens is 244 g/mol. The first-order valence-electron chi connectivity index (χ1n) is 8.26. The molecule has 2 heterocycles. The van der Waals surface area contributed by atoms with Crippen LogP contribution in [0.2, 0.25) is 0 Å². The van der Waals surface area contributed by atoms with Crippen molar-refractivity contribution in [3.05, 3.63) is 35.9 Å². The lowest BCUT2D eigenvalue weighted by Gasteiger charge is -2.46. The summed E-state index contributed by atoms with van der Waals surface area (Å²) in [6, 6.07) is 12.0. The van der Waals surface area contributed by atoms with Crippen molar-refractivity contribution in [2.24, 2.45) is 5.92 Å². The van der Waals surface area contributed by atoms with Crippen molar-refractivity contribution in [3.8, 4) is 0 Å². The molecule has 0 aromatic heterocycles. The number of hydrogen-bond donors (Lipinski definition) is 0. The number of fused-ring (bicyclic) bond motifs is 1. The molecule has 0 bridgehead atoms. The average Bonchev–Trinajstić information content (AvgIpc) is 3.24. The Balaban J connectivity index is 1.59. The Morgan fingerprint density at radius 2 is 1.85 bits per heavy atom. The fourth-order valence-corrected chi connectivity index (χ4v) is 4.50. The lowest BCUT2D eigenvalue weighted by atomic mass is 9.69. The third-order valence-corrected chi connectivity index (χ3v) is 5.95. The van der Waals surface area contributed by atoms with Gasteiger partial charge in [-0.3, -0.25) is 0 Å². The van der Waals surface area contributed by atoms with Gasteiger partial charge in [-0.05, 0) is 57.3 Å². The van der Waals surface area contributed by atoms with Gasteiger partial charge in [-0.1, -0.05) is 30.3 Å². The summed E-state index contributed by atoms with van der Waals surface area (Å²) in [6.07, 6.45) is 5.63. The highest BCUT2D eigenvalue weighted by Gasteiger charge is 2.50. The van der Waals surface area contributed by atoms with Crippen molar-refractivity contribution in [1.82, 2.24) is 9.80 Å². The molecule has 0 spiro atoms. The van der Waals surface area contributed by atoms with Crippen LogP contribution in [-0.2, 0) is 5.41 Å². The maximum absolute atomic E-state index is 2.74. The maximum Gasteiger partial charge on any atom is 0.0317 e. The van der Waals surface area contributed by atoms with Crippen LogP contribution in [0, 0.1) is 5.92 Å². The molecule has 2 saturated heterocycles. The molecule has 4 rings (SSSR count). The first-order chi connectivity index (χ1) is 9.78. The third-order valence-electron chi connectivity index (χ3n) is 5.95. The van der Waals surface area contributed by atoms with Gasteiger partial charge in [0.25, 0.3) is 0 Å². The first-order valence-corrected chi connectivity index (χ1v) is 8.26. The number of hydrogen-bond acceptors (Lipinski definition) is 2. The van der Waals surface area contributed by atoms with Crippen molar-refractivity contribution in [2.45, 2.75) is 37.1 Å². The Bertz CT molecular complexity index is 468. The lowest BCUT2D eigenvalue weighted by Crippen LogP contribution is -2.55. The Kier molecular flexibility index (Phi) is 3.12. The van der Waals surface area contributed by atoms with E-state index >= 15 is 0 Å². The van der Waals surface area contributed by atoms with Crippen LogP contribution in [-0.4, -0.2) is 49.1 Å². The molecule has 1 saturated carbocycles. The Morgan fingerprint density at radius 1 is 1.10 bits per heavy atom. The predicted molar refractivity (Wildman–Crippen MR) is 82.9 cm³/mol. The van der Waals surface area contributed by atoms with E-state index in [1.54, 1.807) is 5.56 Å². The van der Waals surface area contributed by atoms with Crippen LogP contribution in [0.4, 0.5) is 0 Å². The maximum atomic E-state index is 2.74. The SMILES string of the molecule is CN1CC[C@]2(c3ccccc3)CCN(CC3CC3)C[C@H]12. The Morgan fingerprint density at radius 3 is 2.60 bits per heavy atom. The van der Waals surface area contributed by atoms with E-state index in [-0.39, 0.29) is 0 Å². The quantitative estimate of drug-likeness (QED) is 0.833. The molecule has 20 heavy (non-hydrogen) atoms. The van der Waals surface area contributed by atoms with Crippen LogP contribution in [0.15, 0.2) is 30.3 Å². The minimum atomic E-state index is 0.427. The van der Waals surface area contributed by atoms with E-state index < -0.39 is 0 Å². The minimum Gasteiger partial charge on any atom is -0.301 e. The molecule has 1 aliphatic carbocycles. The highest BCUT2D eigenvalue weighted by Crippen LogP contribution is 2.45. The molecule has 2 atom stereocenters. The van der Waals surface area contributed by atoms with Crippen molar-refractivity contribution < 1.29 is 0 Å². The molecule has 0 amide bonds. The second-order valence-corrected chi connectivity index (χ2v) is 7.22. The molecule has 2 heteroatoms. The average molecular weight is 270 g/mol. The summed E-state index contributed by atoms with van der Waals surface area (Å²) < 4.78 is 0. The second kappa shape index (κ2) is 4.85. The van der Waals surface area contributed by atoms with Crippen molar-refractivity contribution in [1.29, 1.82) is 0 Å². The number of benzene rings is 1. The molecule has 1 aromatic carbocycles. The van der Waals surface area contributed by atoms with Gasteiger partial charge < -0.3 is 9.80 Å². The number of nitrogens with zero attached hydrogens (tertiary/aromatic N) is 2. The van der Waals surface area contributed by atoms with Crippen LogP contribution in [0.1, 0.15) is 31.2 Å². The molecule has 2 nitrogen and oxygen atoms in total. The highest BCUT2D eigenvalue weighted by molar-refractivity contribution is 5.31. The fraction of sp³-hybridized carbons (Fsp3) is 0.667. The Hall–Kier alpha value is -0.860. The van der Waals surface area contributed by atoms with Crippen LogP contribution in [0.3, 0.4) is 0 Å². The molecule has 2 aliphatic heterocycles. The van der Waals surface area contributed by atoms with Gasteiger partial charge in [-0.2, -0.15) is 0 Å². The van der Waals surface area contributed by atoms with Crippen LogP contribution in [0.5, 0.6) is 0 Å². The highest BCUT2D eigenvalue weighted by atomic mass is 15.3. The van der Waals surface area contributed by atoms with E-state index in [0.717, 1.165) is 12.0 Å². The molecule has 108 valence electrons. The van der Waals surface area contributed by atoms with Gasteiger partial charge in [0.1, 0.15) is 0 Å². The zero-order chi connectivity index (χ0) is 13.6. The van der Waals surface area contributed by atoms with E-state index in [4.69, 9.17) is 0 Å². The van der Waals surface area contributed by atoms with Crippen molar-refractivity contribution >= 4 is 0 Å². The summed E-state index contributed by atoms with van der Waals surface area (Å²) in [7, 11) is 2.33. The van der Waals surface area contributed by atoms with Crippen LogP contribution >= 0.6 is 0 Å². The second-order valence-electron chi connectivity index (χ2n) is 7.22. The van der Waals surface area contributed by atoms with E-state index in [0.29, 0.717) is 5.41 Å². The summed E-state index contributed by atoms with van der Waals surface area (Å²) in [6.45, 7) is 5.20. The molecule has 3 aliphatic rings.